The normalized spacial score (nSPS) is 28.3. The van der Waals surface area contributed by atoms with E-state index in [-0.39, 0.29) is 32.5 Å². The lowest BCUT2D eigenvalue weighted by Gasteiger charge is -2.33. The van der Waals surface area contributed by atoms with Crippen LogP contribution in [0, 0.1) is 106 Å². The molecule has 0 spiro atoms. The van der Waals surface area contributed by atoms with Crippen LogP contribution >= 0.6 is 0 Å². The summed E-state index contributed by atoms with van der Waals surface area (Å²) < 4.78 is 10.7. The first-order chi connectivity index (χ1) is 39.7. The van der Waals surface area contributed by atoms with Gasteiger partial charge in [0.1, 0.15) is 11.5 Å². The third-order valence-electron chi connectivity index (χ3n) is 22.1. The van der Waals surface area contributed by atoms with Gasteiger partial charge in [-0.05, 0) is 204 Å². The second kappa shape index (κ2) is 22.4. The molecule has 8 heteroatoms. The average Bonchev–Trinajstić information content (AvgIpc) is 1.61. The van der Waals surface area contributed by atoms with E-state index in [4.69, 9.17) is 39.4 Å². The summed E-state index contributed by atoms with van der Waals surface area (Å²) in [6.07, 6.45) is 7.13. The fourth-order valence-corrected chi connectivity index (χ4v) is 15.2. The van der Waals surface area contributed by atoms with Crippen LogP contribution < -0.4 is 9.47 Å². The molecule has 0 amide bonds. The second-order valence-electron chi connectivity index (χ2n) is 27.8. The highest BCUT2D eigenvalue weighted by Gasteiger charge is 2.65. The van der Waals surface area contributed by atoms with Gasteiger partial charge in [-0.25, -0.2) is 0 Å². The minimum atomic E-state index is 0.0171. The molecule has 0 radical (unpaired) electrons. The van der Waals surface area contributed by atoms with E-state index >= 15 is 0 Å². The molecular formula is C76H92N6O2. The van der Waals surface area contributed by atoms with Gasteiger partial charge in [-0.2, -0.15) is 0 Å². The van der Waals surface area contributed by atoms with Crippen molar-refractivity contribution in [3.05, 3.63) is 166 Å². The molecule has 8 nitrogen and oxygen atoms in total. The van der Waals surface area contributed by atoms with E-state index in [9.17, 15) is 0 Å². The van der Waals surface area contributed by atoms with E-state index in [2.05, 4.69) is 215 Å². The molecule has 0 aromatic heterocycles. The lowest BCUT2D eigenvalue weighted by Crippen LogP contribution is -2.33. The Hall–Kier alpha value is -7.06. The van der Waals surface area contributed by atoms with Crippen LogP contribution in [-0.4, -0.2) is 48.5 Å². The van der Waals surface area contributed by atoms with E-state index in [1.165, 1.54) is 81.9 Å². The maximum atomic E-state index is 5.37. The smallest absolute Gasteiger partial charge is 0.119 e. The molecule has 6 aliphatic carbocycles. The largest absolute Gasteiger partial charge is 0.497 e. The summed E-state index contributed by atoms with van der Waals surface area (Å²) >= 11 is 0. The fraction of sp³-hybridized carbons (Fsp3) is 0.447. The van der Waals surface area contributed by atoms with Crippen molar-refractivity contribution < 1.29 is 9.47 Å². The minimum absolute atomic E-state index is 0.0171. The topological polar surface area (TPSA) is 92.6 Å². The molecule has 438 valence electrons. The summed E-state index contributed by atoms with van der Waals surface area (Å²) in [6, 6.07) is 42.1. The quantitative estimate of drug-likeness (QED) is 0.152. The number of aryl methyl sites for hydroxylation is 8. The highest BCUT2D eigenvalue weighted by atomic mass is 16.5. The SMILES string of the molecule is COc1ccc(N=C2C(=Nc3ccc(OC)cc3C)C3(C)CCC2C3(C)C)c(C)c1.Cc1ccc(N=C2C(=Nc3ccc(C)cc3C)C3(C)CCC2C3(C)C)c(C)c1.Cc1ccccc1N=C1C(=Nc2ccccc2C)C2(C)CCC1C2(C)C. The molecule has 84 heavy (non-hydrogen) atoms. The number of aliphatic imine (C=N–C) groups is 6. The Kier molecular flexibility index (Phi) is 16.0. The van der Waals surface area contributed by atoms with Gasteiger partial charge in [0.15, 0.2) is 0 Å². The van der Waals surface area contributed by atoms with Crippen molar-refractivity contribution >= 4 is 68.4 Å². The highest BCUT2D eigenvalue weighted by Crippen LogP contribution is 2.66. The molecular weight excluding hydrogens is 1030 g/mol. The number of methoxy groups -OCH3 is 2. The van der Waals surface area contributed by atoms with Gasteiger partial charge in [0.05, 0.1) is 82.6 Å². The third kappa shape index (κ3) is 10.2. The van der Waals surface area contributed by atoms with Crippen LogP contribution in [0.1, 0.15) is 145 Å². The Morgan fingerprint density at radius 3 is 0.893 bits per heavy atom. The molecule has 6 aromatic carbocycles. The van der Waals surface area contributed by atoms with Gasteiger partial charge < -0.3 is 9.47 Å². The van der Waals surface area contributed by atoms with Crippen molar-refractivity contribution in [2.24, 2.45) is 80.2 Å². The van der Waals surface area contributed by atoms with Crippen LogP contribution in [0.25, 0.3) is 0 Å². The number of para-hydroxylation sites is 2. The summed E-state index contributed by atoms with van der Waals surface area (Å²) in [6.45, 7) is 38.6. The molecule has 6 fully saturated rings. The number of benzene rings is 6. The standard InChI is InChI=1S/C26H32N2O2.C26H32N2.C24H28N2/c1-16-14-18(29-6)8-10-21(16)27-23-20-12-13-26(5,25(20,3)4)24(23)28-22-11-9-19(30-7)15-17(22)2;1-16-8-10-21(18(3)14-16)27-23-20-12-13-26(7,25(20,5)6)24(23)28-22-11-9-17(2)15-19(22)4;1-16-10-6-8-12-19(16)25-21-18-14-15-24(5,23(18,3)4)22(21)26-20-13-9-7-11-17(20)2/h8-11,14-15,20H,12-13H2,1-7H3;8-11,14-15,20H,12-13H2,1-7H3;6-13,18H,14-15H2,1-5H3. The van der Waals surface area contributed by atoms with Crippen molar-refractivity contribution in [3.8, 4) is 11.5 Å². The maximum Gasteiger partial charge on any atom is 0.119 e. The summed E-state index contributed by atoms with van der Waals surface area (Å²) in [4.78, 5) is 31.3. The van der Waals surface area contributed by atoms with Crippen molar-refractivity contribution in [3.63, 3.8) is 0 Å². The third-order valence-corrected chi connectivity index (χ3v) is 22.1. The molecule has 0 aliphatic heterocycles. The molecule has 0 saturated heterocycles. The molecule has 0 N–H and O–H groups in total. The Morgan fingerprint density at radius 2 is 0.595 bits per heavy atom. The van der Waals surface area contributed by atoms with Crippen molar-refractivity contribution in [2.45, 2.75) is 156 Å². The summed E-state index contributed by atoms with van der Waals surface area (Å²) in [5.41, 5.74) is 23.8. The number of hydrogen-bond acceptors (Lipinski definition) is 8. The minimum Gasteiger partial charge on any atom is -0.497 e. The average molecular weight is 1120 g/mol. The molecule has 6 bridgehead atoms. The molecule has 6 aromatic rings. The lowest BCUT2D eigenvalue weighted by atomic mass is 9.70. The lowest BCUT2D eigenvalue weighted by molar-refractivity contribution is 0.208. The molecule has 6 aliphatic rings. The van der Waals surface area contributed by atoms with E-state index in [0.717, 1.165) is 81.0 Å². The zero-order chi connectivity index (χ0) is 60.5. The zero-order valence-corrected chi connectivity index (χ0v) is 54.0. The fourth-order valence-electron chi connectivity index (χ4n) is 15.2. The number of nitrogens with zero attached hydrogens (tertiary/aromatic N) is 6. The van der Waals surface area contributed by atoms with Crippen LogP contribution in [0.15, 0.2) is 151 Å². The van der Waals surface area contributed by atoms with Crippen molar-refractivity contribution in [2.75, 3.05) is 14.2 Å². The summed E-state index contributed by atoms with van der Waals surface area (Å²) in [7, 11) is 3.39. The highest BCUT2D eigenvalue weighted by molar-refractivity contribution is 6.50. The number of rotatable bonds is 8. The van der Waals surface area contributed by atoms with E-state index in [0.29, 0.717) is 17.8 Å². The Morgan fingerprint density at radius 1 is 0.321 bits per heavy atom. The van der Waals surface area contributed by atoms with Gasteiger partial charge in [-0.15, -0.1) is 0 Å². The first kappa shape index (κ1) is 60.1. The van der Waals surface area contributed by atoms with Crippen LogP contribution in [0.3, 0.4) is 0 Å². The molecule has 12 rings (SSSR count). The summed E-state index contributed by atoms with van der Waals surface area (Å²) in [5.74, 6) is 3.09. The number of fused-ring (bicyclic) bond motifs is 6. The first-order valence-corrected chi connectivity index (χ1v) is 30.8. The van der Waals surface area contributed by atoms with Gasteiger partial charge in [-0.3, -0.25) is 30.0 Å². The van der Waals surface area contributed by atoms with Crippen molar-refractivity contribution in [1.82, 2.24) is 0 Å². The van der Waals surface area contributed by atoms with E-state index in [1.54, 1.807) is 14.2 Å². The van der Waals surface area contributed by atoms with Crippen LogP contribution in [0.2, 0.25) is 0 Å². The van der Waals surface area contributed by atoms with Gasteiger partial charge in [-0.1, -0.05) is 134 Å². The van der Waals surface area contributed by atoms with E-state index in [1.807, 2.05) is 24.3 Å². The maximum absolute atomic E-state index is 5.37. The molecule has 6 unspecified atom stereocenters. The van der Waals surface area contributed by atoms with E-state index < -0.39 is 0 Å². The van der Waals surface area contributed by atoms with Crippen LogP contribution in [-0.2, 0) is 0 Å². The van der Waals surface area contributed by atoms with Crippen LogP contribution in [0.4, 0.5) is 34.1 Å². The van der Waals surface area contributed by atoms with Gasteiger partial charge >= 0.3 is 0 Å². The predicted octanol–water partition coefficient (Wildman–Crippen LogP) is 20.4. The van der Waals surface area contributed by atoms with Gasteiger partial charge in [0.25, 0.3) is 0 Å². The Balaban J connectivity index is 0.000000141. The number of hydrogen-bond donors (Lipinski definition) is 0. The zero-order valence-electron chi connectivity index (χ0n) is 54.0. The molecule has 0 heterocycles. The first-order valence-electron chi connectivity index (χ1n) is 30.8. The summed E-state index contributed by atoms with van der Waals surface area (Å²) in [5, 5.41) is 0. The Bertz CT molecular complexity index is 3750. The Labute approximate surface area is 503 Å². The second-order valence-corrected chi connectivity index (χ2v) is 27.8. The van der Waals surface area contributed by atoms with Crippen molar-refractivity contribution in [1.29, 1.82) is 0 Å². The molecule has 6 atom stereocenters. The van der Waals surface area contributed by atoms with Gasteiger partial charge in [0.2, 0.25) is 0 Å². The molecule has 6 saturated carbocycles. The predicted molar refractivity (Wildman–Crippen MR) is 356 cm³/mol. The monoisotopic (exact) mass is 1120 g/mol. The number of ether oxygens (including phenoxy) is 2. The van der Waals surface area contributed by atoms with Gasteiger partial charge in [0, 0.05) is 34.0 Å². The van der Waals surface area contributed by atoms with Crippen LogP contribution in [0.5, 0.6) is 11.5 Å².